The minimum absolute atomic E-state index is 0.000710. The topological polar surface area (TPSA) is 31.2 Å². The maximum absolute atomic E-state index is 12.9. The van der Waals surface area contributed by atoms with Crippen molar-refractivity contribution in [3.05, 3.63) is 64.8 Å². The van der Waals surface area contributed by atoms with Crippen LogP contribution in [0.1, 0.15) is 41.0 Å². The van der Waals surface area contributed by atoms with Crippen LogP contribution in [-0.2, 0) is 0 Å². The van der Waals surface area contributed by atoms with E-state index in [4.69, 9.17) is 4.74 Å². The monoisotopic (exact) mass is 323 g/mol. The summed E-state index contributed by atoms with van der Waals surface area (Å²) in [7, 11) is 1.65. The Morgan fingerprint density at radius 3 is 2.17 bits per heavy atom. The lowest BCUT2D eigenvalue weighted by molar-refractivity contribution is 0.0963. The zero-order valence-electron chi connectivity index (χ0n) is 15.3. The number of rotatable bonds is 2. The molecule has 2 aromatic carbocycles. The third-order valence-corrected chi connectivity index (χ3v) is 4.23. The summed E-state index contributed by atoms with van der Waals surface area (Å²) in [6.07, 6.45) is 0. The normalized spacial score (nSPS) is 10.2. The van der Waals surface area contributed by atoms with Crippen molar-refractivity contribution in [3.63, 3.8) is 0 Å². The molecule has 3 nitrogen and oxygen atoms in total. The van der Waals surface area contributed by atoms with Gasteiger partial charge >= 0.3 is 0 Å². The van der Waals surface area contributed by atoms with Gasteiger partial charge in [-0.1, -0.05) is 31.5 Å². The predicted octanol–water partition coefficient (Wildman–Crippen LogP) is 5.29. The molecule has 0 bridgehead atoms. The van der Waals surface area contributed by atoms with Crippen LogP contribution in [0.3, 0.4) is 0 Å². The SMILES string of the molecule is CC.COc1ccc2c(c1)c(C)c(C)n2C(=O)c1ccc(C)cc1. The fourth-order valence-corrected chi connectivity index (χ4v) is 2.77. The zero-order chi connectivity index (χ0) is 17.9. The number of benzene rings is 2. The molecule has 0 saturated carbocycles. The van der Waals surface area contributed by atoms with Gasteiger partial charge in [-0.05, 0) is 56.7 Å². The summed E-state index contributed by atoms with van der Waals surface area (Å²) < 4.78 is 7.08. The zero-order valence-corrected chi connectivity index (χ0v) is 15.3. The highest BCUT2D eigenvalue weighted by Gasteiger charge is 2.18. The minimum Gasteiger partial charge on any atom is -0.497 e. The molecule has 0 aliphatic heterocycles. The van der Waals surface area contributed by atoms with E-state index >= 15 is 0 Å². The van der Waals surface area contributed by atoms with Crippen LogP contribution in [0, 0.1) is 20.8 Å². The van der Waals surface area contributed by atoms with Gasteiger partial charge in [0.15, 0.2) is 0 Å². The second-order valence-corrected chi connectivity index (χ2v) is 5.60. The molecule has 0 spiro atoms. The Bertz CT molecular complexity index is 858. The van der Waals surface area contributed by atoms with Gasteiger partial charge in [-0.2, -0.15) is 0 Å². The second kappa shape index (κ2) is 7.35. The number of fused-ring (bicyclic) bond motifs is 1. The molecule has 0 saturated heterocycles. The Labute approximate surface area is 143 Å². The van der Waals surface area contributed by atoms with Crippen LogP contribution in [0.15, 0.2) is 42.5 Å². The summed E-state index contributed by atoms with van der Waals surface area (Å²) in [4.78, 5) is 12.9. The summed E-state index contributed by atoms with van der Waals surface area (Å²) in [6.45, 7) is 10.0. The van der Waals surface area contributed by atoms with Gasteiger partial charge < -0.3 is 4.74 Å². The standard InChI is InChI=1S/C19H19NO2.C2H6/c1-12-5-7-15(8-6-12)19(21)20-14(3)13(2)17-11-16(22-4)9-10-18(17)20;1-2/h5-11H,1-4H3;1-2H3. The molecule has 0 N–H and O–H groups in total. The molecule has 0 amide bonds. The van der Waals surface area contributed by atoms with Gasteiger partial charge in [0.2, 0.25) is 0 Å². The molecular weight excluding hydrogens is 298 g/mol. The van der Waals surface area contributed by atoms with E-state index < -0.39 is 0 Å². The van der Waals surface area contributed by atoms with Crippen LogP contribution in [0.4, 0.5) is 0 Å². The smallest absolute Gasteiger partial charge is 0.262 e. The number of ether oxygens (including phenoxy) is 1. The van der Waals surface area contributed by atoms with Gasteiger partial charge in [-0.25, -0.2) is 0 Å². The average Bonchev–Trinajstić information content (AvgIpc) is 2.87. The number of methoxy groups -OCH3 is 1. The average molecular weight is 323 g/mol. The molecule has 0 atom stereocenters. The first kappa shape index (κ1) is 17.8. The van der Waals surface area contributed by atoms with E-state index in [0.29, 0.717) is 5.56 Å². The van der Waals surface area contributed by atoms with Gasteiger partial charge in [0, 0.05) is 16.6 Å². The summed E-state index contributed by atoms with van der Waals surface area (Å²) in [5, 5.41) is 1.05. The van der Waals surface area contributed by atoms with Crippen molar-refractivity contribution in [2.24, 2.45) is 0 Å². The third kappa shape index (κ3) is 3.07. The molecule has 0 radical (unpaired) electrons. The van der Waals surface area contributed by atoms with Gasteiger partial charge in [-0.15, -0.1) is 0 Å². The Balaban J connectivity index is 0.00000100. The molecule has 3 aromatic rings. The van der Waals surface area contributed by atoms with E-state index in [1.165, 1.54) is 0 Å². The maximum Gasteiger partial charge on any atom is 0.262 e. The number of carbonyl (C=O) groups is 1. The lowest BCUT2D eigenvalue weighted by atomic mass is 10.1. The van der Waals surface area contributed by atoms with Crippen LogP contribution < -0.4 is 4.74 Å². The highest BCUT2D eigenvalue weighted by molar-refractivity contribution is 6.04. The van der Waals surface area contributed by atoms with Gasteiger partial charge in [0.1, 0.15) is 5.75 Å². The number of carbonyl (C=O) groups excluding carboxylic acids is 1. The highest BCUT2D eigenvalue weighted by Crippen LogP contribution is 2.29. The van der Waals surface area contributed by atoms with Crippen LogP contribution in [0.5, 0.6) is 5.75 Å². The van der Waals surface area contributed by atoms with Crippen molar-refractivity contribution >= 4 is 16.8 Å². The molecule has 0 unspecified atom stereocenters. The summed E-state index contributed by atoms with van der Waals surface area (Å²) in [5.74, 6) is 0.802. The summed E-state index contributed by atoms with van der Waals surface area (Å²) in [6, 6.07) is 13.5. The molecule has 1 heterocycles. The van der Waals surface area contributed by atoms with Crippen LogP contribution in [-0.4, -0.2) is 17.6 Å². The largest absolute Gasteiger partial charge is 0.497 e. The molecular formula is C21H25NO2. The van der Waals surface area contributed by atoms with Crippen molar-refractivity contribution < 1.29 is 9.53 Å². The third-order valence-electron chi connectivity index (χ3n) is 4.23. The van der Waals surface area contributed by atoms with E-state index in [1.54, 1.807) is 11.7 Å². The molecule has 0 fully saturated rings. The summed E-state index contributed by atoms with van der Waals surface area (Å²) >= 11 is 0. The van der Waals surface area contributed by atoms with Crippen molar-refractivity contribution in [2.75, 3.05) is 7.11 Å². The molecule has 0 aliphatic carbocycles. The molecule has 1 aromatic heterocycles. The minimum atomic E-state index is 0.000710. The van der Waals surface area contributed by atoms with Gasteiger partial charge in [0.25, 0.3) is 5.91 Å². The van der Waals surface area contributed by atoms with Crippen molar-refractivity contribution in [3.8, 4) is 5.75 Å². The van der Waals surface area contributed by atoms with Crippen molar-refractivity contribution in [2.45, 2.75) is 34.6 Å². The Morgan fingerprint density at radius 2 is 1.58 bits per heavy atom. The quantitative estimate of drug-likeness (QED) is 0.641. The van der Waals surface area contributed by atoms with Crippen LogP contribution in [0.2, 0.25) is 0 Å². The van der Waals surface area contributed by atoms with E-state index in [9.17, 15) is 4.79 Å². The molecule has 3 heteroatoms. The number of aryl methyl sites for hydroxylation is 2. The van der Waals surface area contributed by atoms with Crippen LogP contribution in [0.25, 0.3) is 10.9 Å². The maximum atomic E-state index is 12.9. The van der Waals surface area contributed by atoms with Crippen LogP contribution >= 0.6 is 0 Å². The predicted molar refractivity (Wildman–Crippen MR) is 100 cm³/mol. The fraction of sp³-hybridized carbons (Fsp3) is 0.286. The Hall–Kier alpha value is -2.55. The van der Waals surface area contributed by atoms with Gasteiger partial charge in [-0.3, -0.25) is 9.36 Å². The number of nitrogens with zero attached hydrogens (tertiary/aromatic N) is 1. The van der Waals surface area contributed by atoms with Gasteiger partial charge in [0.05, 0.1) is 12.6 Å². The molecule has 24 heavy (non-hydrogen) atoms. The first-order chi connectivity index (χ1) is 11.5. The van der Waals surface area contributed by atoms with Crippen molar-refractivity contribution in [1.29, 1.82) is 0 Å². The number of hydrogen-bond acceptors (Lipinski definition) is 2. The fourth-order valence-electron chi connectivity index (χ4n) is 2.77. The molecule has 3 rings (SSSR count). The lowest BCUT2D eigenvalue weighted by Crippen LogP contribution is -2.13. The highest BCUT2D eigenvalue weighted by atomic mass is 16.5. The first-order valence-electron chi connectivity index (χ1n) is 8.30. The van der Waals surface area contributed by atoms with E-state index in [-0.39, 0.29) is 5.91 Å². The molecule has 126 valence electrons. The second-order valence-electron chi connectivity index (χ2n) is 5.60. The van der Waals surface area contributed by atoms with E-state index in [1.807, 2.05) is 77.1 Å². The Morgan fingerprint density at radius 1 is 0.958 bits per heavy atom. The van der Waals surface area contributed by atoms with E-state index in [0.717, 1.165) is 33.5 Å². The molecule has 0 aliphatic rings. The summed E-state index contributed by atoms with van der Waals surface area (Å²) in [5.41, 5.74) is 4.83. The number of aromatic nitrogens is 1. The first-order valence-corrected chi connectivity index (χ1v) is 8.30. The van der Waals surface area contributed by atoms with Crippen molar-refractivity contribution in [1.82, 2.24) is 4.57 Å². The Kier molecular flexibility index (Phi) is 5.45. The number of hydrogen-bond donors (Lipinski definition) is 0. The lowest BCUT2D eigenvalue weighted by Gasteiger charge is -2.08. The van der Waals surface area contributed by atoms with E-state index in [2.05, 4.69) is 0 Å².